The molecule has 0 aliphatic carbocycles. The summed E-state index contributed by atoms with van der Waals surface area (Å²) in [7, 11) is -3.73. The molecule has 1 N–H and O–H groups in total. The van der Waals surface area contributed by atoms with Gasteiger partial charge < -0.3 is 0 Å². The lowest BCUT2D eigenvalue weighted by molar-refractivity contribution is 0.577. The topological polar surface area (TPSA) is 59.1 Å². The quantitative estimate of drug-likeness (QED) is 0.681. The van der Waals surface area contributed by atoms with Gasteiger partial charge in [0.15, 0.2) is 0 Å². The van der Waals surface area contributed by atoms with Crippen molar-refractivity contribution in [1.29, 1.82) is 0 Å². The summed E-state index contributed by atoms with van der Waals surface area (Å²) in [5.74, 6) is -0.588. The van der Waals surface area contributed by atoms with Crippen molar-refractivity contribution in [1.82, 2.24) is 9.71 Å². The van der Waals surface area contributed by atoms with Gasteiger partial charge in [-0.1, -0.05) is 29.8 Å². The summed E-state index contributed by atoms with van der Waals surface area (Å²) in [4.78, 5) is 4.41. The van der Waals surface area contributed by atoms with Crippen LogP contribution in [0.4, 0.5) is 4.39 Å². The van der Waals surface area contributed by atoms with Gasteiger partial charge in [0.1, 0.15) is 10.8 Å². The van der Waals surface area contributed by atoms with Crippen LogP contribution in [0.1, 0.15) is 5.69 Å². The Kier molecular flexibility index (Phi) is 5.48. The smallest absolute Gasteiger partial charge is 0.240 e. The second-order valence-electron chi connectivity index (χ2n) is 5.26. The van der Waals surface area contributed by atoms with Crippen molar-refractivity contribution in [2.24, 2.45) is 0 Å². The molecule has 3 aromatic rings. The number of halogens is 2. The summed E-state index contributed by atoms with van der Waals surface area (Å²) in [5, 5.41) is 3.40. The van der Waals surface area contributed by atoms with Crippen LogP contribution in [0.15, 0.2) is 58.8 Å². The first-order chi connectivity index (χ1) is 11.9. The zero-order valence-electron chi connectivity index (χ0n) is 12.9. The monoisotopic (exact) mass is 396 g/mol. The number of nitrogens with one attached hydrogen (secondary N) is 1. The second kappa shape index (κ2) is 7.61. The predicted molar refractivity (Wildman–Crippen MR) is 97.9 cm³/mol. The molecule has 1 heterocycles. The number of nitrogens with zero attached hydrogens (tertiary/aromatic N) is 1. The third-order valence-corrected chi connectivity index (χ3v) is 6.07. The average molecular weight is 397 g/mol. The minimum atomic E-state index is -3.73. The van der Waals surface area contributed by atoms with E-state index in [0.29, 0.717) is 11.4 Å². The minimum Gasteiger partial charge on any atom is -0.241 e. The van der Waals surface area contributed by atoms with Crippen molar-refractivity contribution < 1.29 is 12.8 Å². The molecule has 3 rings (SSSR count). The number of hydrogen-bond donors (Lipinski definition) is 1. The molecule has 0 spiro atoms. The number of thiazole rings is 1. The number of rotatable bonds is 6. The van der Waals surface area contributed by atoms with Gasteiger partial charge in [-0.05, 0) is 30.3 Å². The standard InChI is InChI=1S/C17H14ClFN2O2S2/c18-13-6-4-12(5-7-13)17-21-15(11-24-17)8-9-20-25(22,23)16-3-1-2-14(19)10-16/h1-7,10-11,20H,8-9H2. The molecule has 0 atom stereocenters. The Morgan fingerprint density at radius 1 is 1.16 bits per heavy atom. The van der Waals surface area contributed by atoms with Crippen LogP contribution in [0.25, 0.3) is 10.6 Å². The number of sulfonamides is 1. The van der Waals surface area contributed by atoms with Gasteiger partial charge in [0.25, 0.3) is 0 Å². The van der Waals surface area contributed by atoms with Gasteiger partial charge in [-0.25, -0.2) is 22.5 Å². The number of aromatic nitrogens is 1. The van der Waals surface area contributed by atoms with Crippen LogP contribution in [-0.4, -0.2) is 19.9 Å². The van der Waals surface area contributed by atoms with Crippen LogP contribution in [-0.2, 0) is 16.4 Å². The molecule has 0 saturated heterocycles. The second-order valence-corrected chi connectivity index (χ2v) is 8.32. The van der Waals surface area contributed by atoms with E-state index in [0.717, 1.165) is 22.3 Å². The lowest BCUT2D eigenvalue weighted by Gasteiger charge is -2.05. The highest BCUT2D eigenvalue weighted by Gasteiger charge is 2.14. The molecule has 25 heavy (non-hydrogen) atoms. The van der Waals surface area contributed by atoms with Crippen molar-refractivity contribution >= 4 is 33.0 Å². The molecule has 1 aromatic heterocycles. The fourth-order valence-electron chi connectivity index (χ4n) is 2.18. The fraction of sp³-hybridized carbons (Fsp3) is 0.118. The summed E-state index contributed by atoms with van der Waals surface area (Å²) in [6, 6.07) is 12.3. The summed E-state index contributed by atoms with van der Waals surface area (Å²) in [5.41, 5.74) is 1.75. The Bertz CT molecular complexity index is 972. The lowest BCUT2D eigenvalue weighted by Crippen LogP contribution is -2.26. The normalized spacial score (nSPS) is 11.6. The molecule has 0 bridgehead atoms. The SMILES string of the molecule is O=S(=O)(NCCc1csc(-c2ccc(Cl)cc2)n1)c1cccc(F)c1. The van der Waals surface area contributed by atoms with E-state index in [-0.39, 0.29) is 11.4 Å². The fourth-order valence-corrected chi connectivity index (χ4v) is 4.23. The van der Waals surface area contributed by atoms with Crippen LogP contribution in [0, 0.1) is 5.82 Å². The minimum absolute atomic E-state index is 0.0902. The zero-order valence-corrected chi connectivity index (χ0v) is 15.3. The van der Waals surface area contributed by atoms with E-state index in [1.165, 1.54) is 29.5 Å². The van der Waals surface area contributed by atoms with E-state index >= 15 is 0 Å². The average Bonchev–Trinajstić information content (AvgIpc) is 3.04. The molecular weight excluding hydrogens is 383 g/mol. The van der Waals surface area contributed by atoms with Crippen molar-refractivity contribution in [3.63, 3.8) is 0 Å². The van der Waals surface area contributed by atoms with Gasteiger partial charge in [-0.3, -0.25) is 0 Å². The summed E-state index contributed by atoms with van der Waals surface area (Å²) in [6.07, 6.45) is 0.443. The summed E-state index contributed by atoms with van der Waals surface area (Å²) in [6.45, 7) is 0.183. The third-order valence-electron chi connectivity index (χ3n) is 3.42. The number of hydrogen-bond acceptors (Lipinski definition) is 4. The van der Waals surface area contributed by atoms with Gasteiger partial charge in [0.2, 0.25) is 10.0 Å². The van der Waals surface area contributed by atoms with E-state index in [4.69, 9.17) is 11.6 Å². The molecule has 0 unspecified atom stereocenters. The van der Waals surface area contributed by atoms with E-state index in [2.05, 4.69) is 9.71 Å². The maximum atomic E-state index is 13.2. The summed E-state index contributed by atoms with van der Waals surface area (Å²) < 4.78 is 39.9. The predicted octanol–water partition coefficient (Wildman–Crippen LogP) is 4.12. The molecule has 0 aliphatic heterocycles. The molecule has 0 radical (unpaired) electrons. The maximum absolute atomic E-state index is 13.2. The highest BCUT2D eigenvalue weighted by Crippen LogP contribution is 2.25. The third kappa shape index (κ3) is 4.64. The van der Waals surface area contributed by atoms with E-state index in [1.807, 2.05) is 17.5 Å². The molecular formula is C17H14ClFN2O2S2. The van der Waals surface area contributed by atoms with Gasteiger partial charge in [-0.15, -0.1) is 11.3 Å². The first-order valence-electron chi connectivity index (χ1n) is 7.40. The van der Waals surface area contributed by atoms with Crippen molar-refractivity contribution in [3.05, 3.63) is 70.4 Å². The van der Waals surface area contributed by atoms with Gasteiger partial charge in [0.05, 0.1) is 10.6 Å². The first kappa shape index (κ1) is 18.0. The molecule has 8 heteroatoms. The van der Waals surface area contributed by atoms with Crippen LogP contribution >= 0.6 is 22.9 Å². The Morgan fingerprint density at radius 2 is 1.92 bits per heavy atom. The van der Waals surface area contributed by atoms with E-state index in [9.17, 15) is 12.8 Å². The van der Waals surface area contributed by atoms with Crippen LogP contribution in [0.3, 0.4) is 0 Å². The van der Waals surface area contributed by atoms with E-state index in [1.54, 1.807) is 12.1 Å². The largest absolute Gasteiger partial charge is 0.241 e. The van der Waals surface area contributed by atoms with Gasteiger partial charge >= 0.3 is 0 Å². The molecule has 130 valence electrons. The summed E-state index contributed by atoms with van der Waals surface area (Å²) >= 11 is 7.35. The van der Waals surface area contributed by atoms with Gasteiger partial charge in [-0.2, -0.15) is 0 Å². The highest BCUT2D eigenvalue weighted by atomic mass is 35.5. The Hall–Kier alpha value is -1.80. The van der Waals surface area contributed by atoms with Crippen molar-refractivity contribution in [2.75, 3.05) is 6.54 Å². The Labute approximate surface area is 154 Å². The maximum Gasteiger partial charge on any atom is 0.240 e. The Balaban J connectivity index is 1.62. The highest BCUT2D eigenvalue weighted by molar-refractivity contribution is 7.89. The molecule has 2 aromatic carbocycles. The molecule has 0 aliphatic rings. The van der Waals surface area contributed by atoms with Crippen LogP contribution in [0.2, 0.25) is 5.02 Å². The lowest BCUT2D eigenvalue weighted by atomic mass is 10.2. The van der Waals surface area contributed by atoms with Crippen LogP contribution in [0.5, 0.6) is 0 Å². The Morgan fingerprint density at radius 3 is 2.64 bits per heavy atom. The molecule has 0 saturated carbocycles. The van der Waals surface area contributed by atoms with Gasteiger partial charge in [0, 0.05) is 28.9 Å². The molecule has 0 amide bonds. The van der Waals surface area contributed by atoms with E-state index < -0.39 is 15.8 Å². The number of benzene rings is 2. The molecule has 0 fully saturated rings. The molecule has 4 nitrogen and oxygen atoms in total. The van der Waals surface area contributed by atoms with Crippen LogP contribution < -0.4 is 4.72 Å². The van der Waals surface area contributed by atoms with Crippen molar-refractivity contribution in [2.45, 2.75) is 11.3 Å². The zero-order chi connectivity index (χ0) is 17.9. The first-order valence-corrected chi connectivity index (χ1v) is 10.1. The van der Waals surface area contributed by atoms with Crippen molar-refractivity contribution in [3.8, 4) is 10.6 Å².